The van der Waals surface area contributed by atoms with E-state index in [0.717, 1.165) is 61.8 Å². The van der Waals surface area contributed by atoms with Crippen LogP contribution in [0.4, 0.5) is 35.4 Å². The Morgan fingerprint density at radius 1 is 0.864 bits per heavy atom. The minimum Gasteiger partial charge on any atom is -0.365 e. The number of urea groups is 1. The number of alkyl halides is 3. The van der Waals surface area contributed by atoms with Crippen LogP contribution in [0.5, 0.6) is 0 Å². The van der Waals surface area contributed by atoms with Crippen LogP contribution in [0.1, 0.15) is 75.8 Å². The van der Waals surface area contributed by atoms with Crippen LogP contribution in [0.3, 0.4) is 0 Å². The summed E-state index contributed by atoms with van der Waals surface area (Å²) in [5.41, 5.74) is 7.27. The topological polar surface area (TPSA) is 126 Å². The van der Waals surface area contributed by atoms with Crippen molar-refractivity contribution in [3.05, 3.63) is 36.2 Å². The summed E-state index contributed by atoms with van der Waals surface area (Å²) < 4.78 is 40.7. The molecule has 1 saturated heterocycles. The Balaban J connectivity index is 0.00000221. The van der Waals surface area contributed by atoms with Gasteiger partial charge in [-0.15, -0.1) is 24.8 Å². The van der Waals surface area contributed by atoms with Crippen molar-refractivity contribution in [1.29, 1.82) is 0 Å². The Kier molecular flexibility index (Phi) is 11.1. The number of nitrogens with two attached hydrogens (primary N) is 1. The first-order chi connectivity index (χ1) is 20.2. The van der Waals surface area contributed by atoms with Gasteiger partial charge in [-0.1, -0.05) is 12.8 Å². The number of hydrogen-bond acceptors (Lipinski definition) is 7. The van der Waals surface area contributed by atoms with Crippen molar-refractivity contribution in [2.24, 2.45) is 5.73 Å². The molecule has 3 aromatic rings. The third-order valence-electron chi connectivity index (χ3n) is 8.83. The average Bonchev–Trinajstić information content (AvgIpc) is 3.65. The van der Waals surface area contributed by atoms with E-state index < -0.39 is 11.7 Å². The molecule has 0 unspecified atom stereocenters. The maximum Gasteiger partial charge on any atom is 0.416 e. The number of fused-ring (bicyclic) bond motifs is 1. The summed E-state index contributed by atoms with van der Waals surface area (Å²) in [7, 11) is 0. The zero-order valence-electron chi connectivity index (χ0n) is 24.4. The molecule has 15 heteroatoms. The molecule has 1 aromatic carbocycles. The molecular formula is C29H40Cl2F3N9O. The number of halogens is 5. The summed E-state index contributed by atoms with van der Waals surface area (Å²) in [6.45, 7) is 1.00. The molecule has 6 rings (SSSR count). The number of imidazole rings is 1. The van der Waals surface area contributed by atoms with Crippen molar-refractivity contribution in [2.75, 3.05) is 29.0 Å². The number of carbonyl (C=O) groups excluding carboxylic acids is 1. The highest BCUT2D eigenvalue weighted by molar-refractivity contribution is 5.89. The van der Waals surface area contributed by atoms with Crippen LogP contribution in [0, 0.1) is 0 Å². The molecule has 10 nitrogen and oxygen atoms in total. The maximum atomic E-state index is 12.8. The van der Waals surface area contributed by atoms with E-state index in [2.05, 4.69) is 20.5 Å². The Hall–Kier alpha value is -3.03. The van der Waals surface area contributed by atoms with Crippen LogP contribution in [0.2, 0.25) is 0 Å². The number of amides is 2. The maximum absolute atomic E-state index is 12.8. The molecular weight excluding hydrogens is 618 g/mol. The van der Waals surface area contributed by atoms with Crippen molar-refractivity contribution in [3.8, 4) is 0 Å². The molecule has 3 aliphatic rings. The first-order valence-corrected chi connectivity index (χ1v) is 15.0. The van der Waals surface area contributed by atoms with Crippen molar-refractivity contribution in [2.45, 2.75) is 94.6 Å². The Morgan fingerprint density at radius 3 is 2.14 bits per heavy atom. The number of aromatic nitrogens is 4. The van der Waals surface area contributed by atoms with Gasteiger partial charge in [0.05, 0.1) is 11.9 Å². The number of piperidine rings is 1. The summed E-state index contributed by atoms with van der Waals surface area (Å²) in [6, 6.07) is 5.16. The molecule has 3 heterocycles. The van der Waals surface area contributed by atoms with E-state index in [1.807, 2.05) is 6.33 Å². The van der Waals surface area contributed by atoms with Gasteiger partial charge in [0.2, 0.25) is 5.95 Å². The lowest BCUT2D eigenvalue weighted by Crippen LogP contribution is -2.44. The summed E-state index contributed by atoms with van der Waals surface area (Å²) in [4.78, 5) is 29.0. The molecule has 2 aliphatic carbocycles. The normalized spacial score (nSPS) is 21.4. The number of hydrogen-bond donors (Lipinski definition) is 4. The van der Waals surface area contributed by atoms with Gasteiger partial charge < -0.3 is 31.2 Å². The average molecular weight is 659 g/mol. The zero-order valence-corrected chi connectivity index (χ0v) is 26.0. The lowest BCUT2D eigenvalue weighted by atomic mass is 9.92. The van der Waals surface area contributed by atoms with Crippen molar-refractivity contribution < 1.29 is 18.0 Å². The number of carbonyl (C=O) groups is 1. The second-order valence-electron chi connectivity index (χ2n) is 11.8. The van der Waals surface area contributed by atoms with E-state index in [-0.39, 0.29) is 49.0 Å². The van der Waals surface area contributed by atoms with Gasteiger partial charge in [0.1, 0.15) is 0 Å². The lowest BCUT2D eigenvalue weighted by Gasteiger charge is -2.32. The molecule has 0 spiro atoms. The predicted octanol–water partition coefficient (Wildman–Crippen LogP) is 6.59. The molecule has 3 fully saturated rings. The molecule has 0 bridgehead atoms. The van der Waals surface area contributed by atoms with Crippen molar-refractivity contribution >= 4 is 59.5 Å². The number of benzene rings is 1. The largest absolute Gasteiger partial charge is 0.416 e. The smallest absolute Gasteiger partial charge is 0.365 e. The third kappa shape index (κ3) is 7.78. The minimum atomic E-state index is -4.41. The van der Waals surface area contributed by atoms with Crippen molar-refractivity contribution in [1.82, 2.24) is 24.4 Å². The summed E-state index contributed by atoms with van der Waals surface area (Å²) in [5.74, 6) is 1.29. The lowest BCUT2D eigenvalue weighted by molar-refractivity contribution is -0.137. The number of anilines is 3. The minimum absolute atomic E-state index is 0. The Morgan fingerprint density at radius 2 is 1.50 bits per heavy atom. The summed E-state index contributed by atoms with van der Waals surface area (Å²) in [5, 5.41) is 9.85. The monoisotopic (exact) mass is 657 g/mol. The van der Waals surface area contributed by atoms with Gasteiger partial charge >= 0.3 is 12.2 Å². The molecule has 1 aliphatic heterocycles. The van der Waals surface area contributed by atoms with E-state index in [4.69, 9.17) is 20.7 Å². The first kappa shape index (κ1) is 33.9. The number of nitrogens with one attached hydrogen (secondary N) is 3. The van der Waals surface area contributed by atoms with Gasteiger partial charge in [0.25, 0.3) is 0 Å². The van der Waals surface area contributed by atoms with E-state index in [1.165, 1.54) is 25.0 Å². The highest BCUT2D eigenvalue weighted by Crippen LogP contribution is 2.34. The molecule has 2 amide bonds. The number of nitrogens with zero attached hydrogens (tertiary/aromatic N) is 5. The second-order valence-corrected chi connectivity index (χ2v) is 11.8. The SMILES string of the molecule is Cl.Cl.NC1CCC(Nc2nc(NC3CCN(C(=O)Nc4ccc(C(F)(F)F)cc4)CC3)c3ncn(C4CCCC4)c3n2)CC1. The first-order valence-electron chi connectivity index (χ1n) is 15.0. The highest BCUT2D eigenvalue weighted by Gasteiger charge is 2.31. The van der Waals surface area contributed by atoms with Crippen LogP contribution in [0.15, 0.2) is 30.6 Å². The zero-order chi connectivity index (χ0) is 29.3. The van der Waals surface area contributed by atoms with Crippen LogP contribution in [-0.2, 0) is 6.18 Å². The standard InChI is InChI=1S/C29H38F3N9O.2ClH/c30-29(31,32)18-5-9-21(10-6-18)37-28(42)40-15-13-22(14-16-40)35-25-24-26(41(17-34-24)23-3-1-2-4-23)39-27(38-25)36-20-11-7-19(33)8-12-20;;/h5-6,9-10,17,19-20,22-23H,1-4,7-8,11-16,33H2,(H,37,42)(H2,35,36,38,39);2*1H. The van der Waals surface area contributed by atoms with E-state index >= 15 is 0 Å². The summed E-state index contributed by atoms with van der Waals surface area (Å²) >= 11 is 0. The second kappa shape index (κ2) is 14.4. The molecule has 242 valence electrons. The van der Waals surface area contributed by atoms with Gasteiger partial charge in [-0.05, 0) is 75.6 Å². The highest BCUT2D eigenvalue weighted by atomic mass is 35.5. The summed E-state index contributed by atoms with van der Waals surface area (Å²) in [6.07, 6.45) is 7.45. The van der Waals surface area contributed by atoms with Gasteiger partial charge in [-0.3, -0.25) is 0 Å². The van der Waals surface area contributed by atoms with Crippen LogP contribution < -0.4 is 21.7 Å². The molecule has 44 heavy (non-hydrogen) atoms. The van der Waals surface area contributed by atoms with Gasteiger partial charge in [0, 0.05) is 42.9 Å². The van der Waals surface area contributed by atoms with Crippen LogP contribution >= 0.6 is 24.8 Å². The number of likely N-dealkylation sites (tertiary alicyclic amines) is 1. The fourth-order valence-electron chi connectivity index (χ4n) is 6.34. The molecule has 0 atom stereocenters. The van der Waals surface area contributed by atoms with Gasteiger partial charge in [-0.25, -0.2) is 9.78 Å². The van der Waals surface area contributed by atoms with E-state index in [1.54, 1.807) is 4.90 Å². The molecule has 0 radical (unpaired) electrons. The van der Waals surface area contributed by atoms with Gasteiger partial charge in [0.15, 0.2) is 17.0 Å². The van der Waals surface area contributed by atoms with Crippen molar-refractivity contribution in [3.63, 3.8) is 0 Å². The number of rotatable bonds is 6. The van der Waals surface area contributed by atoms with Gasteiger partial charge in [-0.2, -0.15) is 23.1 Å². The van der Waals surface area contributed by atoms with Crippen LogP contribution in [-0.4, -0.2) is 61.7 Å². The molecule has 2 aromatic heterocycles. The molecule has 2 saturated carbocycles. The Bertz CT molecular complexity index is 1380. The fraction of sp³-hybridized carbons (Fsp3) is 0.586. The van der Waals surface area contributed by atoms with E-state index in [9.17, 15) is 18.0 Å². The molecule has 5 N–H and O–H groups in total. The van der Waals surface area contributed by atoms with E-state index in [0.29, 0.717) is 49.4 Å². The fourth-order valence-corrected chi connectivity index (χ4v) is 6.34. The third-order valence-corrected chi connectivity index (χ3v) is 8.83. The Labute approximate surface area is 267 Å². The predicted molar refractivity (Wildman–Crippen MR) is 170 cm³/mol. The quantitative estimate of drug-likeness (QED) is 0.235. The van der Waals surface area contributed by atoms with Crippen LogP contribution in [0.25, 0.3) is 11.2 Å².